The third-order valence-corrected chi connectivity index (χ3v) is 5.85. The van der Waals surface area contributed by atoms with Gasteiger partial charge >= 0.3 is 0 Å². The lowest BCUT2D eigenvalue weighted by atomic mass is 9.97. The number of aryl methyl sites for hydroxylation is 1. The number of carbonyl (C=O) groups is 1. The van der Waals surface area contributed by atoms with Crippen LogP contribution in [-0.2, 0) is 12.8 Å². The predicted octanol–water partition coefficient (Wildman–Crippen LogP) is 6.07. The summed E-state index contributed by atoms with van der Waals surface area (Å²) < 4.78 is 31.8. The van der Waals surface area contributed by atoms with Crippen LogP contribution in [0.4, 0.5) is 4.39 Å². The van der Waals surface area contributed by atoms with Crippen molar-refractivity contribution in [3.63, 3.8) is 0 Å². The van der Waals surface area contributed by atoms with Crippen LogP contribution in [0, 0.1) is 19.7 Å². The van der Waals surface area contributed by atoms with E-state index in [4.69, 9.17) is 14.2 Å². The van der Waals surface area contributed by atoms with Gasteiger partial charge in [-0.05, 0) is 74.9 Å². The fourth-order valence-corrected chi connectivity index (χ4v) is 3.95. The number of benzene rings is 2. The van der Waals surface area contributed by atoms with Gasteiger partial charge in [0.25, 0.3) is 0 Å². The van der Waals surface area contributed by atoms with Crippen LogP contribution in [0.3, 0.4) is 0 Å². The Morgan fingerprint density at radius 1 is 0.882 bits per heavy atom. The number of Topliss-reactive ketones (excluding diaryl/α,β-unsaturated/α-hetero) is 1. The van der Waals surface area contributed by atoms with E-state index in [2.05, 4.69) is 4.98 Å². The van der Waals surface area contributed by atoms with E-state index in [1.807, 2.05) is 38.1 Å². The standard InChI is InChI=1S/C28H32FNO4/c1-19-20(2)26(32-4)28(33-17-10-8-12-22-11-5-6-14-24(22)29)27(25(19)21(3)31)34-18-15-23-13-7-9-16-30-23/h5-7,9,11,13-14,16H,8,10,12,15,17-18H2,1-4H3. The summed E-state index contributed by atoms with van der Waals surface area (Å²) in [6.45, 7) is 6.05. The van der Waals surface area contributed by atoms with E-state index in [1.54, 1.807) is 25.4 Å². The highest BCUT2D eigenvalue weighted by Gasteiger charge is 2.26. The first-order valence-corrected chi connectivity index (χ1v) is 11.5. The monoisotopic (exact) mass is 465 g/mol. The molecule has 1 heterocycles. The minimum atomic E-state index is -0.186. The number of unbranched alkanes of at least 4 members (excludes halogenated alkanes) is 1. The first-order chi connectivity index (χ1) is 16.4. The number of ether oxygens (including phenoxy) is 3. The Balaban J connectivity index is 1.77. The molecular formula is C28H32FNO4. The second kappa shape index (κ2) is 12.2. The molecule has 0 unspecified atom stereocenters. The summed E-state index contributed by atoms with van der Waals surface area (Å²) in [7, 11) is 1.58. The third kappa shape index (κ3) is 6.13. The molecule has 180 valence electrons. The molecule has 0 atom stereocenters. The van der Waals surface area contributed by atoms with Crippen LogP contribution >= 0.6 is 0 Å². The van der Waals surface area contributed by atoms with E-state index in [-0.39, 0.29) is 11.6 Å². The lowest BCUT2D eigenvalue weighted by molar-refractivity contribution is 0.101. The summed E-state index contributed by atoms with van der Waals surface area (Å²) in [6.07, 6.45) is 4.45. The summed E-state index contributed by atoms with van der Waals surface area (Å²) >= 11 is 0. The second-order valence-electron chi connectivity index (χ2n) is 8.19. The van der Waals surface area contributed by atoms with Crippen LogP contribution in [0.25, 0.3) is 0 Å². The molecule has 34 heavy (non-hydrogen) atoms. The number of carbonyl (C=O) groups excluding carboxylic acids is 1. The largest absolute Gasteiger partial charge is 0.492 e. The van der Waals surface area contributed by atoms with Gasteiger partial charge in [0.15, 0.2) is 17.3 Å². The highest BCUT2D eigenvalue weighted by atomic mass is 19.1. The molecule has 0 bridgehead atoms. The van der Waals surface area contributed by atoms with E-state index in [0.29, 0.717) is 60.9 Å². The normalized spacial score (nSPS) is 10.7. The van der Waals surface area contributed by atoms with Gasteiger partial charge in [0.1, 0.15) is 5.82 Å². The minimum absolute atomic E-state index is 0.0968. The predicted molar refractivity (Wildman–Crippen MR) is 131 cm³/mol. The highest BCUT2D eigenvalue weighted by Crippen LogP contribution is 2.45. The molecule has 0 saturated carbocycles. The molecule has 1 aromatic heterocycles. The van der Waals surface area contributed by atoms with Crippen molar-refractivity contribution in [3.8, 4) is 17.2 Å². The van der Waals surface area contributed by atoms with E-state index in [9.17, 15) is 9.18 Å². The lowest BCUT2D eigenvalue weighted by Gasteiger charge is -2.22. The van der Waals surface area contributed by atoms with E-state index in [0.717, 1.165) is 23.2 Å². The van der Waals surface area contributed by atoms with Gasteiger partial charge in [0.05, 0.1) is 25.9 Å². The Kier molecular flexibility index (Phi) is 9.02. The van der Waals surface area contributed by atoms with Gasteiger partial charge in [-0.3, -0.25) is 9.78 Å². The van der Waals surface area contributed by atoms with E-state index >= 15 is 0 Å². The highest BCUT2D eigenvalue weighted by molar-refractivity contribution is 6.00. The number of halogens is 1. The molecule has 0 aliphatic heterocycles. The molecule has 0 amide bonds. The molecule has 0 N–H and O–H groups in total. The number of ketones is 1. The summed E-state index contributed by atoms with van der Waals surface area (Å²) in [5.74, 6) is 1.11. The van der Waals surface area contributed by atoms with Crippen LogP contribution in [0.15, 0.2) is 48.7 Å². The fraction of sp³-hybridized carbons (Fsp3) is 0.357. The molecule has 0 aliphatic rings. The first-order valence-electron chi connectivity index (χ1n) is 11.5. The first kappa shape index (κ1) is 25.2. The Bertz CT molecular complexity index is 1120. The van der Waals surface area contributed by atoms with Crippen molar-refractivity contribution in [3.05, 3.63) is 82.4 Å². The van der Waals surface area contributed by atoms with Crippen LogP contribution in [0.5, 0.6) is 17.2 Å². The number of pyridine rings is 1. The van der Waals surface area contributed by atoms with Crippen LogP contribution < -0.4 is 14.2 Å². The average molecular weight is 466 g/mol. The van der Waals surface area contributed by atoms with Crippen molar-refractivity contribution in [2.45, 2.75) is 46.5 Å². The van der Waals surface area contributed by atoms with Crippen LogP contribution in [0.2, 0.25) is 0 Å². The number of hydrogen-bond acceptors (Lipinski definition) is 5. The van der Waals surface area contributed by atoms with Gasteiger partial charge in [0, 0.05) is 18.3 Å². The van der Waals surface area contributed by atoms with Gasteiger partial charge in [-0.1, -0.05) is 24.3 Å². The Hall–Kier alpha value is -3.41. The smallest absolute Gasteiger partial charge is 0.204 e. The van der Waals surface area contributed by atoms with Crippen molar-refractivity contribution in [1.82, 2.24) is 4.98 Å². The van der Waals surface area contributed by atoms with E-state index in [1.165, 1.54) is 13.0 Å². The van der Waals surface area contributed by atoms with Crippen molar-refractivity contribution in [1.29, 1.82) is 0 Å². The summed E-state index contributed by atoms with van der Waals surface area (Å²) in [5.41, 5.74) is 3.75. The molecular weight excluding hydrogens is 433 g/mol. The summed E-state index contributed by atoms with van der Waals surface area (Å²) in [5, 5.41) is 0. The number of methoxy groups -OCH3 is 1. The number of rotatable bonds is 12. The Labute approximate surface area is 200 Å². The molecule has 0 spiro atoms. The Morgan fingerprint density at radius 3 is 2.29 bits per heavy atom. The molecule has 3 aromatic rings. The quantitative estimate of drug-likeness (QED) is 0.240. The summed E-state index contributed by atoms with van der Waals surface area (Å²) in [4.78, 5) is 16.9. The molecule has 0 saturated heterocycles. The molecule has 0 radical (unpaired) electrons. The second-order valence-corrected chi connectivity index (χ2v) is 8.19. The van der Waals surface area contributed by atoms with Gasteiger partial charge in [-0.2, -0.15) is 0 Å². The molecule has 3 rings (SSSR count). The average Bonchev–Trinajstić information content (AvgIpc) is 2.83. The topological polar surface area (TPSA) is 57.7 Å². The minimum Gasteiger partial charge on any atom is -0.492 e. The molecule has 5 nitrogen and oxygen atoms in total. The SMILES string of the molecule is COc1c(C)c(C)c(C(C)=O)c(OCCc2ccccn2)c1OCCCCc1ccccc1F. The fourth-order valence-electron chi connectivity index (χ4n) is 3.95. The lowest BCUT2D eigenvalue weighted by Crippen LogP contribution is -2.12. The van der Waals surface area contributed by atoms with Crippen LogP contribution in [-0.4, -0.2) is 31.1 Å². The van der Waals surface area contributed by atoms with Crippen molar-refractivity contribution in [2.75, 3.05) is 20.3 Å². The third-order valence-electron chi connectivity index (χ3n) is 5.85. The maximum atomic E-state index is 13.9. The number of hydrogen-bond donors (Lipinski definition) is 0. The molecule has 0 aliphatic carbocycles. The number of nitrogens with zero attached hydrogens (tertiary/aromatic N) is 1. The zero-order chi connectivity index (χ0) is 24.5. The van der Waals surface area contributed by atoms with Gasteiger partial charge in [-0.15, -0.1) is 0 Å². The van der Waals surface area contributed by atoms with Crippen molar-refractivity contribution in [2.24, 2.45) is 0 Å². The van der Waals surface area contributed by atoms with Gasteiger partial charge < -0.3 is 14.2 Å². The molecule has 0 fully saturated rings. The maximum absolute atomic E-state index is 13.9. The molecule has 6 heteroatoms. The van der Waals surface area contributed by atoms with Crippen LogP contribution in [0.1, 0.15) is 52.5 Å². The summed E-state index contributed by atoms with van der Waals surface area (Å²) in [6, 6.07) is 12.5. The van der Waals surface area contributed by atoms with Gasteiger partial charge in [0.2, 0.25) is 5.75 Å². The van der Waals surface area contributed by atoms with E-state index < -0.39 is 0 Å². The Morgan fingerprint density at radius 2 is 1.62 bits per heavy atom. The maximum Gasteiger partial charge on any atom is 0.204 e. The van der Waals surface area contributed by atoms with Crippen molar-refractivity contribution >= 4 is 5.78 Å². The number of aromatic nitrogens is 1. The molecule has 2 aromatic carbocycles. The van der Waals surface area contributed by atoms with Crippen molar-refractivity contribution < 1.29 is 23.4 Å². The van der Waals surface area contributed by atoms with Gasteiger partial charge in [-0.25, -0.2) is 4.39 Å². The zero-order valence-corrected chi connectivity index (χ0v) is 20.3. The zero-order valence-electron chi connectivity index (χ0n) is 20.3.